The van der Waals surface area contributed by atoms with Crippen LogP contribution in [0.4, 0.5) is 0 Å². The normalized spacial score (nSPS) is 20.8. The number of benzene rings is 1. The van der Waals surface area contributed by atoms with Crippen LogP contribution in [-0.2, 0) is 18.8 Å². The number of rotatable bonds is 12. The van der Waals surface area contributed by atoms with Crippen molar-refractivity contribution < 1.29 is 28.1 Å². The van der Waals surface area contributed by atoms with Gasteiger partial charge < -0.3 is 23.3 Å². The summed E-state index contributed by atoms with van der Waals surface area (Å²) in [7, 11) is -1.69. The number of nitrogens with one attached hydrogen (secondary N) is 1. The number of esters is 1. The van der Waals surface area contributed by atoms with Crippen molar-refractivity contribution >= 4 is 37.3 Å². The average molecular weight is 666 g/mol. The van der Waals surface area contributed by atoms with E-state index >= 15 is 0 Å². The lowest BCUT2D eigenvalue weighted by Gasteiger charge is -2.24. The van der Waals surface area contributed by atoms with Crippen molar-refractivity contribution in [3.05, 3.63) is 41.9 Å². The highest BCUT2D eigenvalue weighted by Gasteiger charge is 2.36. The zero-order chi connectivity index (χ0) is 32.8. The van der Waals surface area contributed by atoms with Crippen LogP contribution in [0.5, 0.6) is 11.6 Å². The molecule has 2 fully saturated rings. The van der Waals surface area contributed by atoms with Gasteiger partial charge in [-0.1, -0.05) is 52.6 Å². The Hall–Kier alpha value is -2.56. The SMILES string of the molecule is CC.CCC.CCOc1ncnc2c1ncn2C1OC(COP(NC(C)C(=O)OC2CCCC2)Oc2ccc(Cl)cc2)CC1C. The van der Waals surface area contributed by atoms with Gasteiger partial charge in [-0.15, -0.1) is 0 Å². The monoisotopic (exact) mass is 665 g/mol. The van der Waals surface area contributed by atoms with E-state index in [0.717, 1.165) is 32.1 Å². The lowest BCUT2D eigenvalue weighted by molar-refractivity contribution is -0.150. The van der Waals surface area contributed by atoms with Crippen LogP contribution in [0.2, 0.25) is 5.02 Å². The molecule has 250 valence electrons. The molecule has 0 bridgehead atoms. The van der Waals surface area contributed by atoms with Crippen LogP contribution in [0.25, 0.3) is 11.2 Å². The van der Waals surface area contributed by atoms with Crippen molar-refractivity contribution in [2.45, 2.75) is 111 Å². The minimum atomic E-state index is -1.69. The minimum Gasteiger partial charge on any atom is -0.476 e. The molecule has 45 heavy (non-hydrogen) atoms. The highest BCUT2D eigenvalue weighted by atomic mass is 35.5. The molecule has 0 amide bonds. The fourth-order valence-corrected chi connectivity index (χ4v) is 6.28. The maximum absolute atomic E-state index is 12.7. The second-order valence-corrected chi connectivity index (χ2v) is 12.4. The molecular formula is C32H49ClN5O6P. The first-order valence-electron chi connectivity index (χ1n) is 16.1. The molecule has 0 spiro atoms. The molecule has 1 saturated carbocycles. The highest BCUT2D eigenvalue weighted by Crippen LogP contribution is 2.41. The maximum atomic E-state index is 12.7. The molecule has 2 aromatic heterocycles. The van der Waals surface area contributed by atoms with Crippen molar-refractivity contribution in [1.29, 1.82) is 0 Å². The van der Waals surface area contributed by atoms with Crippen molar-refractivity contribution in [3.8, 4) is 11.6 Å². The number of ether oxygens (including phenoxy) is 3. The first-order valence-corrected chi connectivity index (χ1v) is 17.7. The molecule has 1 aliphatic carbocycles. The number of fused-ring (bicyclic) bond motifs is 1. The number of hydrogen-bond acceptors (Lipinski definition) is 10. The third-order valence-corrected chi connectivity index (χ3v) is 8.56. The van der Waals surface area contributed by atoms with E-state index in [-0.39, 0.29) is 36.9 Å². The fourth-order valence-electron chi connectivity index (χ4n) is 4.94. The largest absolute Gasteiger partial charge is 0.476 e. The van der Waals surface area contributed by atoms with Gasteiger partial charge in [-0.2, -0.15) is 4.98 Å². The lowest BCUT2D eigenvalue weighted by atomic mass is 10.1. The third-order valence-electron chi connectivity index (χ3n) is 6.95. The Morgan fingerprint density at radius 2 is 1.82 bits per heavy atom. The van der Waals surface area contributed by atoms with Gasteiger partial charge >= 0.3 is 14.5 Å². The second kappa shape index (κ2) is 19.2. The molecular weight excluding hydrogens is 617 g/mol. The Bertz CT molecular complexity index is 1290. The van der Waals surface area contributed by atoms with Gasteiger partial charge in [0, 0.05) is 10.9 Å². The molecule has 2 aliphatic rings. The van der Waals surface area contributed by atoms with E-state index in [4.69, 9.17) is 34.9 Å². The van der Waals surface area contributed by atoms with Crippen LogP contribution in [0.15, 0.2) is 36.9 Å². The molecule has 1 aromatic carbocycles. The number of nitrogens with zero attached hydrogens (tertiary/aromatic N) is 4. The Morgan fingerprint density at radius 1 is 1.13 bits per heavy atom. The van der Waals surface area contributed by atoms with Gasteiger partial charge in [-0.05, 0) is 70.2 Å². The predicted molar refractivity (Wildman–Crippen MR) is 177 cm³/mol. The Morgan fingerprint density at radius 3 is 2.49 bits per heavy atom. The van der Waals surface area contributed by atoms with E-state index in [1.807, 2.05) is 25.3 Å². The third kappa shape index (κ3) is 10.7. The Balaban J connectivity index is 0.00000104. The fraction of sp³-hybridized carbons (Fsp3) is 0.625. The van der Waals surface area contributed by atoms with Gasteiger partial charge in [-0.3, -0.25) is 9.36 Å². The standard InChI is InChI=1S/C27H35ClN5O6P.C3H8.C2H6/c1-4-35-25-23-24(29-15-30-25)33(16-31-23)26-17(2)13-22(37-26)14-36-40(39-21-11-9-19(28)10-12-21)32-18(3)27(34)38-20-7-5-6-8-20;1-3-2;1-2/h9-12,15-18,20,22,26,32H,4-8,13-14H2,1-3H3;3H2,1-2H3;1-2H3. The molecule has 5 unspecified atom stereocenters. The highest BCUT2D eigenvalue weighted by molar-refractivity contribution is 7.45. The van der Waals surface area contributed by atoms with Crippen LogP contribution in [0, 0.1) is 5.92 Å². The molecule has 1 N–H and O–H groups in total. The Labute approximate surface area is 273 Å². The van der Waals surface area contributed by atoms with Crippen LogP contribution in [-0.4, -0.2) is 57.0 Å². The van der Waals surface area contributed by atoms with Crippen molar-refractivity contribution in [2.75, 3.05) is 13.2 Å². The summed E-state index contributed by atoms with van der Waals surface area (Å²) in [6.07, 6.45) is 8.70. The number of imidazole rings is 1. The van der Waals surface area contributed by atoms with E-state index in [1.54, 1.807) is 37.5 Å². The summed E-state index contributed by atoms with van der Waals surface area (Å²) in [5.41, 5.74) is 1.25. The topological polar surface area (TPSA) is 119 Å². The number of halogens is 1. The second-order valence-electron chi connectivity index (χ2n) is 10.8. The smallest absolute Gasteiger partial charge is 0.323 e. The first kappa shape index (κ1) is 36.9. The number of carbonyl (C=O) groups is 1. The lowest BCUT2D eigenvalue weighted by Crippen LogP contribution is -2.35. The molecule has 11 nitrogen and oxygen atoms in total. The van der Waals surface area contributed by atoms with Crippen LogP contribution in [0.3, 0.4) is 0 Å². The molecule has 3 heterocycles. The van der Waals surface area contributed by atoms with E-state index in [2.05, 4.69) is 40.8 Å². The molecule has 5 atom stereocenters. The summed E-state index contributed by atoms with van der Waals surface area (Å²) in [6.45, 7) is 14.8. The summed E-state index contributed by atoms with van der Waals surface area (Å²) in [6, 6.07) is 6.40. The van der Waals surface area contributed by atoms with Gasteiger partial charge in [0.1, 0.15) is 30.5 Å². The molecule has 0 radical (unpaired) electrons. The average Bonchev–Trinajstić information content (AvgIpc) is 3.79. The van der Waals surface area contributed by atoms with E-state index in [9.17, 15) is 4.79 Å². The summed E-state index contributed by atoms with van der Waals surface area (Å²) < 4.78 is 31.9. The molecule has 3 aromatic rings. The molecule has 5 rings (SSSR count). The maximum Gasteiger partial charge on any atom is 0.323 e. The van der Waals surface area contributed by atoms with Gasteiger partial charge in [0.05, 0.1) is 25.6 Å². The van der Waals surface area contributed by atoms with Crippen LogP contribution >= 0.6 is 20.1 Å². The predicted octanol–water partition coefficient (Wildman–Crippen LogP) is 8.03. The Kier molecular flexibility index (Phi) is 15.7. The van der Waals surface area contributed by atoms with Gasteiger partial charge in [0.15, 0.2) is 11.2 Å². The summed E-state index contributed by atoms with van der Waals surface area (Å²) in [5.74, 6) is 0.892. The molecule has 1 aliphatic heterocycles. The zero-order valence-electron chi connectivity index (χ0n) is 27.6. The zero-order valence-corrected chi connectivity index (χ0v) is 29.2. The van der Waals surface area contributed by atoms with Crippen molar-refractivity contribution in [2.24, 2.45) is 5.92 Å². The number of hydrogen-bond donors (Lipinski definition) is 1. The number of aromatic nitrogens is 4. The van der Waals surface area contributed by atoms with E-state index in [1.165, 1.54) is 12.7 Å². The molecule has 1 saturated heterocycles. The van der Waals surface area contributed by atoms with Crippen molar-refractivity contribution in [1.82, 2.24) is 24.6 Å². The van der Waals surface area contributed by atoms with Gasteiger partial charge in [0.25, 0.3) is 0 Å². The summed E-state index contributed by atoms with van der Waals surface area (Å²) in [5, 5.41) is 3.78. The van der Waals surface area contributed by atoms with Crippen LogP contribution in [0.1, 0.15) is 93.2 Å². The van der Waals surface area contributed by atoms with Gasteiger partial charge in [0.2, 0.25) is 5.88 Å². The minimum absolute atomic E-state index is 0.0134. The van der Waals surface area contributed by atoms with E-state index in [0.29, 0.717) is 34.4 Å². The van der Waals surface area contributed by atoms with Crippen LogP contribution < -0.4 is 14.3 Å². The molecule has 13 heteroatoms. The number of carbonyl (C=O) groups excluding carboxylic acids is 1. The van der Waals surface area contributed by atoms with Gasteiger partial charge in [-0.25, -0.2) is 15.1 Å². The van der Waals surface area contributed by atoms with Crippen molar-refractivity contribution in [3.63, 3.8) is 0 Å². The quantitative estimate of drug-likeness (QED) is 0.150. The van der Waals surface area contributed by atoms with E-state index < -0.39 is 14.6 Å². The summed E-state index contributed by atoms with van der Waals surface area (Å²) in [4.78, 5) is 25.8. The first-order chi connectivity index (χ1) is 21.8. The summed E-state index contributed by atoms with van der Waals surface area (Å²) >= 11 is 6.04.